The van der Waals surface area contributed by atoms with E-state index in [1.54, 1.807) is 0 Å². The van der Waals surface area contributed by atoms with Gasteiger partial charge in [-0.15, -0.1) is 0 Å². The molecule has 1 amide bonds. The van der Waals surface area contributed by atoms with E-state index >= 15 is 0 Å². The highest BCUT2D eigenvalue weighted by molar-refractivity contribution is 5.80. The normalized spacial score (nSPS) is 14.1. The van der Waals surface area contributed by atoms with Crippen LogP contribution in [0.1, 0.15) is 162 Å². The molecule has 0 saturated carbocycles. The second-order valence-electron chi connectivity index (χ2n) is 10.7. The van der Waals surface area contributed by atoms with Crippen molar-refractivity contribution < 1.29 is 20.1 Å². The fourth-order valence-electron chi connectivity index (χ4n) is 4.72. The van der Waals surface area contributed by atoms with E-state index in [1.165, 1.54) is 103 Å². The molecule has 0 saturated heterocycles. The third-order valence-corrected chi connectivity index (χ3v) is 7.23. The number of aliphatic hydroxyl groups excluding tert-OH is 3. The molecule has 0 aromatic heterocycles. The molecule has 0 unspecified atom stereocenters. The summed E-state index contributed by atoms with van der Waals surface area (Å²) in [6.07, 6.45) is 25.1. The Morgan fingerprint density at radius 2 is 0.914 bits per heavy atom. The quantitative estimate of drug-likeness (QED) is 0.0900. The van der Waals surface area contributed by atoms with Gasteiger partial charge >= 0.3 is 0 Å². The van der Waals surface area contributed by atoms with Crippen molar-refractivity contribution in [3.05, 3.63) is 0 Å². The van der Waals surface area contributed by atoms with Gasteiger partial charge in [0.1, 0.15) is 6.10 Å². The van der Waals surface area contributed by atoms with Crippen molar-refractivity contribution in [3.63, 3.8) is 0 Å². The fraction of sp³-hybridized carbons (Fsp3) is 0.967. The largest absolute Gasteiger partial charge is 0.394 e. The molecule has 0 heterocycles. The lowest BCUT2D eigenvalue weighted by Crippen LogP contribution is -2.49. The van der Waals surface area contributed by atoms with E-state index in [1.807, 2.05) is 0 Å². The van der Waals surface area contributed by atoms with E-state index in [-0.39, 0.29) is 6.61 Å². The molecular weight excluding hydrogens is 438 g/mol. The standard InChI is InChI=1S/C30H61NO4/c1-3-5-7-9-11-13-14-15-16-17-19-20-22-24-28(33)27(26-32)31-30(35)29(34)25-23-21-18-12-10-8-6-4-2/h27-29,32-34H,3-26H2,1-2H3,(H,31,35)/t27-,28+,29-/m0/s1. The summed E-state index contributed by atoms with van der Waals surface area (Å²) in [6.45, 7) is 4.16. The maximum atomic E-state index is 12.3. The zero-order valence-electron chi connectivity index (χ0n) is 23.5. The van der Waals surface area contributed by atoms with Gasteiger partial charge in [-0.3, -0.25) is 4.79 Å². The average molecular weight is 500 g/mol. The molecule has 0 aromatic carbocycles. The number of amides is 1. The smallest absolute Gasteiger partial charge is 0.249 e. The highest BCUT2D eigenvalue weighted by atomic mass is 16.3. The van der Waals surface area contributed by atoms with Crippen molar-refractivity contribution in [2.75, 3.05) is 6.61 Å². The van der Waals surface area contributed by atoms with Gasteiger partial charge in [-0.05, 0) is 12.8 Å². The van der Waals surface area contributed by atoms with Crippen molar-refractivity contribution in [2.24, 2.45) is 0 Å². The van der Waals surface area contributed by atoms with Crippen LogP contribution in [0.2, 0.25) is 0 Å². The van der Waals surface area contributed by atoms with Crippen LogP contribution in [0.3, 0.4) is 0 Å². The van der Waals surface area contributed by atoms with E-state index in [2.05, 4.69) is 19.2 Å². The minimum absolute atomic E-state index is 0.310. The highest BCUT2D eigenvalue weighted by Gasteiger charge is 2.23. The molecule has 0 bridgehead atoms. The first-order valence-corrected chi connectivity index (χ1v) is 15.3. The van der Waals surface area contributed by atoms with E-state index in [9.17, 15) is 20.1 Å². The van der Waals surface area contributed by atoms with Gasteiger partial charge in [-0.25, -0.2) is 0 Å². The van der Waals surface area contributed by atoms with Crippen molar-refractivity contribution >= 4 is 5.91 Å². The van der Waals surface area contributed by atoms with Crippen molar-refractivity contribution in [2.45, 2.75) is 180 Å². The summed E-state index contributed by atoms with van der Waals surface area (Å²) < 4.78 is 0. The summed E-state index contributed by atoms with van der Waals surface area (Å²) >= 11 is 0. The van der Waals surface area contributed by atoms with Crippen molar-refractivity contribution in [1.29, 1.82) is 0 Å². The second kappa shape index (κ2) is 26.4. The van der Waals surface area contributed by atoms with Crippen LogP contribution in [0.15, 0.2) is 0 Å². The summed E-state index contributed by atoms with van der Waals surface area (Å²) in [5.41, 5.74) is 0. The number of hydrogen-bond donors (Lipinski definition) is 4. The second-order valence-corrected chi connectivity index (χ2v) is 10.7. The summed E-state index contributed by atoms with van der Waals surface area (Å²) in [6, 6.07) is -0.701. The number of carbonyl (C=O) groups excluding carboxylic acids is 1. The Bertz CT molecular complexity index is 446. The maximum absolute atomic E-state index is 12.3. The van der Waals surface area contributed by atoms with Crippen molar-refractivity contribution in [1.82, 2.24) is 5.32 Å². The zero-order chi connectivity index (χ0) is 26.0. The fourth-order valence-corrected chi connectivity index (χ4v) is 4.72. The average Bonchev–Trinajstić information content (AvgIpc) is 2.86. The lowest BCUT2D eigenvalue weighted by Gasteiger charge is -2.23. The van der Waals surface area contributed by atoms with E-state index < -0.39 is 24.2 Å². The molecule has 0 aliphatic carbocycles. The first-order chi connectivity index (χ1) is 17.1. The molecule has 0 aliphatic rings. The summed E-state index contributed by atoms with van der Waals surface area (Å²) in [5.74, 6) is -0.476. The zero-order valence-corrected chi connectivity index (χ0v) is 23.5. The Hall–Kier alpha value is -0.650. The van der Waals surface area contributed by atoms with Gasteiger partial charge in [-0.2, -0.15) is 0 Å². The Labute approximate surface area is 217 Å². The van der Waals surface area contributed by atoms with Gasteiger partial charge in [0.15, 0.2) is 0 Å². The number of unbranched alkanes of at least 4 members (excludes halogenated alkanes) is 19. The third-order valence-electron chi connectivity index (χ3n) is 7.23. The van der Waals surface area contributed by atoms with E-state index in [4.69, 9.17) is 0 Å². The van der Waals surface area contributed by atoms with Crippen LogP contribution in [-0.2, 0) is 4.79 Å². The summed E-state index contributed by atoms with van der Waals surface area (Å²) in [4.78, 5) is 12.3. The van der Waals surface area contributed by atoms with Gasteiger partial charge in [0.05, 0.1) is 18.8 Å². The topological polar surface area (TPSA) is 89.8 Å². The van der Waals surface area contributed by atoms with E-state index in [0.29, 0.717) is 12.8 Å². The molecule has 5 nitrogen and oxygen atoms in total. The maximum Gasteiger partial charge on any atom is 0.249 e. The van der Waals surface area contributed by atoms with Gasteiger partial charge in [0.2, 0.25) is 5.91 Å². The lowest BCUT2D eigenvalue weighted by atomic mass is 10.0. The van der Waals surface area contributed by atoms with Crippen LogP contribution in [0.4, 0.5) is 0 Å². The minimum Gasteiger partial charge on any atom is -0.394 e. The van der Waals surface area contributed by atoms with Crippen LogP contribution in [0.5, 0.6) is 0 Å². The Morgan fingerprint density at radius 3 is 1.29 bits per heavy atom. The molecule has 0 spiro atoms. The Balaban J connectivity index is 3.73. The molecule has 0 fully saturated rings. The number of aliphatic hydroxyl groups is 3. The van der Waals surface area contributed by atoms with Crippen LogP contribution < -0.4 is 5.32 Å². The number of nitrogens with one attached hydrogen (secondary N) is 1. The molecule has 5 heteroatoms. The van der Waals surface area contributed by atoms with Crippen LogP contribution in [-0.4, -0.2) is 46.1 Å². The van der Waals surface area contributed by atoms with Gasteiger partial charge < -0.3 is 20.6 Å². The summed E-state index contributed by atoms with van der Waals surface area (Å²) in [7, 11) is 0. The van der Waals surface area contributed by atoms with Gasteiger partial charge in [0, 0.05) is 0 Å². The number of hydrogen-bond acceptors (Lipinski definition) is 4. The minimum atomic E-state index is -1.06. The Morgan fingerprint density at radius 1 is 0.571 bits per heavy atom. The Kier molecular flexibility index (Phi) is 25.9. The van der Waals surface area contributed by atoms with E-state index in [0.717, 1.165) is 32.1 Å². The summed E-state index contributed by atoms with van der Waals surface area (Å²) in [5, 5.41) is 32.8. The predicted molar refractivity (Wildman–Crippen MR) is 149 cm³/mol. The molecule has 0 radical (unpaired) electrons. The van der Waals surface area contributed by atoms with Crippen LogP contribution in [0.25, 0.3) is 0 Å². The van der Waals surface area contributed by atoms with Gasteiger partial charge in [-0.1, -0.05) is 149 Å². The molecule has 35 heavy (non-hydrogen) atoms. The third kappa shape index (κ3) is 22.3. The van der Waals surface area contributed by atoms with Crippen LogP contribution in [0, 0.1) is 0 Å². The molecule has 0 aliphatic heterocycles. The molecule has 0 rings (SSSR count). The molecule has 4 N–H and O–H groups in total. The number of rotatable bonds is 27. The number of carbonyl (C=O) groups is 1. The highest BCUT2D eigenvalue weighted by Crippen LogP contribution is 2.15. The van der Waals surface area contributed by atoms with Gasteiger partial charge in [0.25, 0.3) is 0 Å². The lowest BCUT2D eigenvalue weighted by molar-refractivity contribution is -0.131. The molecular formula is C30H61NO4. The SMILES string of the molecule is CCCCCCCCCCCCCCC[C@@H](O)[C@H](CO)NC(=O)[C@@H](O)CCCCCCCCCC. The van der Waals surface area contributed by atoms with Crippen LogP contribution >= 0.6 is 0 Å². The molecule has 210 valence electrons. The predicted octanol–water partition coefficient (Wildman–Crippen LogP) is 7.20. The molecule has 0 aromatic rings. The van der Waals surface area contributed by atoms with Crippen molar-refractivity contribution in [3.8, 4) is 0 Å². The first-order valence-electron chi connectivity index (χ1n) is 15.3. The molecule has 3 atom stereocenters. The monoisotopic (exact) mass is 499 g/mol. The first kappa shape index (κ1) is 34.4.